The fourth-order valence-electron chi connectivity index (χ4n) is 1.90. The van der Waals surface area contributed by atoms with Crippen LogP contribution in [0.25, 0.3) is 0 Å². The zero-order chi connectivity index (χ0) is 9.08. The van der Waals surface area contributed by atoms with E-state index >= 15 is 0 Å². The Morgan fingerprint density at radius 3 is 1.18 bits per heavy atom. The van der Waals surface area contributed by atoms with Gasteiger partial charge in [0, 0.05) is 5.41 Å². The molecule has 0 aromatic heterocycles. The van der Waals surface area contributed by atoms with E-state index in [1.54, 1.807) is 0 Å². The van der Waals surface area contributed by atoms with Crippen LogP contribution in [0.15, 0.2) is 0 Å². The van der Waals surface area contributed by atoms with Crippen molar-refractivity contribution in [2.45, 2.75) is 52.6 Å². The lowest BCUT2D eigenvalue weighted by molar-refractivity contribution is -0.401. The molecule has 0 N–H and O–H groups in total. The predicted octanol–water partition coefficient (Wildman–Crippen LogP) is 2.23. The molecule has 1 fully saturated rings. The Kier molecular flexibility index (Phi) is 1.48. The van der Waals surface area contributed by atoms with Crippen molar-refractivity contribution < 1.29 is 5.21 Å². The molecule has 1 heterocycles. The molecule has 0 aliphatic carbocycles. The Morgan fingerprint density at radius 1 is 0.818 bits per heavy atom. The van der Waals surface area contributed by atoms with Crippen LogP contribution in [-0.2, 0) is 5.21 Å². The summed E-state index contributed by atoms with van der Waals surface area (Å²) in [5.41, 5.74) is -0.325. The standard InChI is InChI=1S/C9H18NO/c1-7(2)8(3,4)10(11)9(7,5)6/h1-6H3. The summed E-state index contributed by atoms with van der Waals surface area (Å²) in [6, 6.07) is 0. The first-order valence-corrected chi connectivity index (χ1v) is 4.13. The Morgan fingerprint density at radius 2 is 1.09 bits per heavy atom. The van der Waals surface area contributed by atoms with Crippen molar-refractivity contribution in [1.82, 2.24) is 5.06 Å². The molecule has 0 spiro atoms. The highest BCUT2D eigenvalue weighted by Gasteiger charge is 2.66. The van der Waals surface area contributed by atoms with Crippen LogP contribution in [0.2, 0.25) is 0 Å². The topological polar surface area (TPSA) is 23.1 Å². The molecule has 0 aromatic rings. The number of hydrogen-bond donors (Lipinski definition) is 0. The van der Waals surface area contributed by atoms with Crippen molar-refractivity contribution in [2.24, 2.45) is 5.41 Å². The first-order valence-electron chi connectivity index (χ1n) is 4.13. The molecule has 0 unspecified atom stereocenters. The molecular weight excluding hydrogens is 138 g/mol. The molecule has 0 atom stereocenters. The normalized spacial score (nSPS) is 33.0. The van der Waals surface area contributed by atoms with Gasteiger partial charge >= 0.3 is 0 Å². The summed E-state index contributed by atoms with van der Waals surface area (Å²) in [4.78, 5) is 0. The van der Waals surface area contributed by atoms with Crippen LogP contribution in [0, 0.1) is 5.41 Å². The van der Waals surface area contributed by atoms with Gasteiger partial charge in [-0.2, -0.15) is 0 Å². The van der Waals surface area contributed by atoms with E-state index < -0.39 is 0 Å². The minimum atomic E-state index is -0.212. The SMILES string of the molecule is CC1(C)N([O])C(C)(C)C1(C)C. The largest absolute Gasteiger partial charge is 0.143 e. The fraction of sp³-hybridized carbons (Fsp3) is 1.00. The van der Waals surface area contributed by atoms with E-state index in [1.807, 2.05) is 27.7 Å². The number of nitrogens with zero attached hydrogens (tertiary/aromatic N) is 1. The lowest BCUT2D eigenvalue weighted by Gasteiger charge is -2.68. The van der Waals surface area contributed by atoms with E-state index in [0.29, 0.717) is 0 Å². The van der Waals surface area contributed by atoms with Gasteiger partial charge in [-0.3, -0.25) is 0 Å². The zero-order valence-corrected chi connectivity index (χ0v) is 8.36. The molecule has 65 valence electrons. The highest BCUT2D eigenvalue weighted by atomic mass is 16.5. The van der Waals surface area contributed by atoms with Crippen molar-refractivity contribution in [2.75, 3.05) is 0 Å². The highest BCUT2D eigenvalue weighted by Crippen LogP contribution is 2.57. The second-order valence-electron chi connectivity index (χ2n) is 5.04. The summed E-state index contributed by atoms with van der Waals surface area (Å²) in [6.45, 7) is 12.3. The molecule has 1 radical (unpaired) electrons. The third kappa shape index (κ3) is 0.695. The number of rotatable bonds is 0. The van der Waals surface area contributed by atoms with Gasteiger partial charge in [0.2, 0.25) is 0 Å². The third-order valence-electron chi connectivity index (χ3n) is 4.07. The minimum absolute atomic E-state index is 0.0990. The second-order valence-corrected chi connectivity index (χ2v) is 5.04. The number of hydroxylamine groups is 2. The summed E-state index contributed by atoms with van der Waals surface area (Å²) in [5.74, 6) is 0. The Balaban J connectivity index is 2.98. The van der Waals surface area contributed by atoms with Crippen LogP contribution in [0.5, 0.6) is 0 Å². The van der Waals surface area contributed by atoms with E-state index in [4.69, 9.17) is 0 Å². The third-order valence-corrected chi connectivity index (χ3v) is 4.07. The van der Waals surface area contributed by atoms with Gasteiger partial charge in [-0.1, -0.05) is 13.8 Å². The molecular formula is C9H18NO. The summed E-state index contributed by atoms with van der Waals surface area (Å²) in [5, 5.41) is 12.7. The summed E-state index contributed by atoms with van der Waals surface area (Å²) < 4.78 is 0. The first-order chi connectivity index (χ1) is 4.65. The Labute approximate surface area is 69.2 Å². The van der Waals surface area contributed by atoms with Crippen molar-refractivity contribution in [1.29, 1.82) is 0 Å². The molecule has 1 saturated heterocycles. The van der Waals surface area contributed by atoms with Crippen molar-refractivity contribution >= 4 is 0 Å². The van der Waals surface area contributed by atoms with Crippen LogP contribution in [0.3, 0.4) is 0 Å². The van der Waals surface area contributed by atoms with Crippen LogP contribution in [0.4, 0.5) is 0 Å². The van der Waals surface area contributed by atoms with Gasteiger partial charge in [-0.05, 0) is 27.7 Å². The maximum Gasteiger partial charge on any atom is 0.0513 e. The molecule has 0 bridgehead atoms. The van der Waals surface area contributed by atoms with E-state index in [0.717, 1.165) is 0 Å². The van der Waals surface area contributed by atoms with E-state index in [-0.39, 0.29) is 16.5 Å². The number of hydrogen-bond acceptors (Lipinski definition) is 1. The molecule has 0 aromatic carbocycles. The van der Waals surface area contributed by atoms with Crippen molar-refractivity contribution in [3.05, 3.63) is 0 Å². The quantitative estimate of drug-likeness (QED) is 0.527. The second kappa shape index (κ2) is 1.80. The molecule has 1 rings (SSSR count). The summed E-state index contributed by atoms with van der Waals surface area (Å²) in [7, 11) is 0. The minimum Gasteiger partial charge on any atom is -0.143 e. The van der Waals surface area contributed by atoms with Crippen LogP contribution in [-0.4, -0.2) is 16.1 Å². The molecule has 2 nitrogen and oxygen atoms in total. The van der Waals surface area contributed by atoms with Gasteiger partial charge in [-0.15, -0.1) is 10.3 Å². The molecule has 1 aliphatic heterocycles. The summed E-state index contributed by atoms with van der Waals surface area (Å²) >= 11 is 0. The predicted molar refractivity (Wildman–Crippen MR) is 44.5 cm³/mol. The maximum atomic E-state index is 11.5. The van der Waals surface area contributed by atoms with Gasteiger partial charge in [0.15, 0.2) is 0 Å². The van der Waals surface area contributed by atoms with E-state index in [2.05, 4.69) is 13.8 Å². The monoisotopic (exact) mass is 156 g/mol. The van der Waals surface area contributed by atoms with Gasteiger partial charge in [0.05, 0.1) is 11.1 Å². The Bertz CT molecular complexity index is 164. The van der Waals surface area contributed by atoms with Crippen LogP contribution >= 0.6 is 0 Å². The van der Waals surface area contributed by atoms with Crippen molar-refractivity contribution in [3.8, 4) is 0 Å². The van der Waals surface area contributed by atoms with E-state index in [9.17, 15) is 5.21 Å². The fourth-order valence-corrected chi connectivity index (χ4v) is 1.90. The average molecular weight is 156 g/mol. The van der Waals surface area contributed by atoms with Gasteiger partial charge in [0.1, 0.15) is 0 Å². The van der Waals surface area contributed by atoms with Crippen LogP contribution in [0.1, 0.15) is 41.5 Å². The van der Waals surface area contributed by atoms with Gasteiger partial charge in [-0.25, -0.2) is 0 Å². The van der Waals surface area contributed by atoms with Gasteiger partial charge < -0.3 is 0 Å². The molecule has 2 heteroatoms. The lowest BCUT2D eigenvalue weighted by atomic mass is 9.54. The van der Waals surface area contributed by atoms with E-state index in [1.165, 1.54) is 5.06 Å². The first kappa shape index (κ1) is 9.01. The lowest BCUT2D eigenvalue weighted by Crippen LogP contribution is -2.79. The Hall–Kier alpha value is -0.0800. The smallest absolute Gasteiger partial charge is 0.0513 e. The maximum absolute atomic E-state index is 11.5. The molecule has 11 heavy (non-hydrogen) atoms. The summed E-state index contributed by atoms with van der Waals surface area (Å²) in [6.07, 6.45) is 0. The van der Waals surface area contributed by atoms with Crippen LogP contribution < -0.4 is 0 Å². The highest BCUT2D eigenvalue weighted by molar-refractivity contribution is 5.16. The molecule has 1 aliphatic rings. The zero-order valence-electron chi connectivity index (χ0n) is 8.36. The van der Waals surface area contributed by atoms with Crippen molar-refractivity contribution in [3.63, 3.8) is 0 Å². The van der Waals surface area contributed by atoms with Gasteiger partial charge in [0.25, 0.3) is 0 Å². The average Bonchev–Trinajstić information content (AvgIpc) is 1.84. The molecule has 0 amide bonds. The molecule has 0 saturated carbocycles.